The largest absolute Gasteiger partial charge is 0.444 e. The third-order valence-electron chi connectivity index (χ3n) is 7.34. The minimum absolute atomic E-state index is 0.115. The lowest BCUT2D eigenvalue weighted by Gasteiger charge is -2.36. The topological polar surface area (TPSA) is 118 Å². The minimum Gasteiger partial charge on any atom is -0.444 e. The van der Waals surface area contributed by atoms with Crippen LogP contribution in [0.25, 0.3) is 17.0 Å². The molecule has 0 bridgehead atoms. The highest BCUT2D eigenvalue weighted by Gasteiger charge is 2.43. The lowest BCUT2D eigenvalue weighted by atomic mass is 10.1. The van der Waals surface area contributed by atoms with Crippen molar-refractivity contribution in [1.82, 2.24) is 24.4 Å². The first-order valence-electron chi connectivity index (χ1n) is 13.8. The number of amides is 2. The molecule has 1 aliphatic heterocycles. The Balaban J connectivity index is 1.19. The van der Waals surface area contributed by atoms with Gasteiger partial charge in [0.2, 0.25) is 11.7 Å². The van der Waals surface area contributed by atoms with Gasteiger partial charge in [0, 0.05) is 49.2 Å². The normalized spacial score (nSPS) is 18.8. The van der Waals surface area contributed by atoms with Crippen LogP contribution in [0.4, 0.5) is 25.0 Å². The van der Waals surface area contributed by atoms with Crippen LogP contribution < -0.4 is 10.2 Å². The van der Waals surface area contributed by atoms with Crippen LogP contribution in [0.15, 0.2) is 41.2 Å². The minimum atomic E-state index is -1.00. The Kier molecular flexibility index (Phi) is 6.82. The predicted octanol–water partition coefficient (Wildman–Crippen LogP) is 4.97. The molecule has 1 N–H and O–H groups in total. The van der Waals surface area contributed by atoms with Crippen molar-refractivity contribution in [3.8, 4) is 11.4 Å². The van der Waals surface area contributed by atoms with Crippen molar-refractivity contribution in [3.05, 3.63) is 59.6 Å². The van der Waals surface area contributed by atoms with Crippen LogP contribution >= 0.6 is 0 Å². The maximum absolute atomic E-state index is 14.9. The third kappa shape index (κ3) is 5.50. The van der Waals surface area contributed by atoms with E-state index in [1.54, 1.807) is 22.3 Å². The molecule has 220 valence electrons. The Morgan fingerprint density at radius 2 is 1.88 bits per heavy atom. The number of benzene rings is 1. The van der Waals surface area contributed by atoms with E-state index in [1.807, 2.05) is 39.1 Å². The number of piperazine rings is 1. The van der Waals surface area contributed by atoms with Crippen molar-refractivity contribution >= 4 is 29.0 Å². The molecule has 2 atom stereocenters. The molecule has 1 aliphatic carbocycles. The molecule has 3 aromatic heterocycles. The van der Waals surface area contributed by atoms with E-state index in [0.29, 0.717) is 43.8 Å². The zero-order valence-electron chi connectivity index (χ0n) is 23.7. The standard InChI is InChI=1S/C29H31F2N7O4/c1-16-20(30)11-17(25-34-27(42-35-25)19-13-21(19)31)12-22(16)33-26(39)23-14-32-24-6-5-18(15-38(23)24)36-7-9-37(10-8-36)28(40)41-29(2,3)4/h5-6,11-12,14-15,19,21H,7-10,13H2,1-4H3,(H,33,39)/t19-,21-/m0/s1. The van der Waals surface area contributed by atoms with Gasteiger partial charge >= 0.3 is 6.09 Å². The van der Waals surface area contributed by atoms with E-state index in [2.05, 4.69) is 25.3 Å². The van der Waals surface area contributed by atoms with Gasteiger partial charge in [0.05, 0.1) is 17.8 Å². The predicted molar refractivity (Wildman–Crippen MR) is 150 cm³/mol. The van der Waals surface area contributed by atoms with Crippen LogP contribution in [-0.4, -0.2) is 74.4 Å². The molecule has 1 saturated carbocycles. The second-order valence-corrected chi connectivity index (χ2v) is 11.6. The molecule has 4 aromatic rings. The summed E-state index contributed by atoms with van der Waals surface area (Å²) in [6, 6.07) is 6.54. The number of ether oxygens (including phenoxy) is 1. The molecule has 1 saturated heterocycles. The van der Waals surface area contributed by atoms with Gasteiger partial charge in [-0.05, 0) is 58.4 Å². The van der Waals surface area contributed by atoms with Crippen LogP contribution in [0.1, 0.15) is 55.1 Å². The number of carbonyl (C=O) groups is 2. The fourth-order valence-corrected chi connectivity index (χ4v) is 4.84. The van der Waals surface area contributed by atoms with E-state index in [0.717, 1.165) is 5.69 Å². The Morgan fingerprint density at radius 3 is 2.57 bits per heavy atom. The molecule has 42 heavy (non-hydrogen) atoms. The number of hydrogen-bond donors (Lipinski definition) is 1. The van der Waals surface area contributed by atoms with Crippen molar-refractivity contribution < 1.29 is 27.6 Å². The fraction of sp³-hybridized carbons (Fsp3) is 0.414. The number of anilines is 2. The van der Waals surface area contributed by atoms with Crippen LogP contribution in [0, 0.1) is 12.7 Å². The van der Waals surface area contributed by atoms with Gasteiger partial charge < -0.3 is 24.4 Å². The lowest BCUT2D eigenvalue weighted by Crippen LogP contribution is -2.50. The zero-order chi connectivity index (χ0) is 29.8. The van der Waals surface area contributed by atoms with Gasteiger partial charge in [-0.25, -0.2) is 18.6 Å². The highest BCUT2D eigenvalue weighted by molar-refractivity contribution is 6.04. The number of carbonyl (C=O) groups excluding carboxylic acids is 2. The number of halogens is 2. The average molecular weight is 580 g/mol. The van der Waals surface area contributed by atoms with E-state index in [-0.39, 0.29) is 34.8 Å². The molecule has 13 heteroatoms. The molecule has 0 radical (unpaired) electrons. The smallest absolute Gasteiger partial charge is 0.410 e. The third-order valence-corrected chi connectivity index (χ3v) is 7.34. The molecule has 11 nitrogen and oxygen atoms in total. The first-order chi connectivity index (χ1) is 20.0. The van der Waals surface area contributed by atoms with E-state index in [1.165, 1.54) is 12.3 Å². The summed E-state index contributed by atoms with van der Waals surface area (Å²) in [7, 11) is 0. The van der Waals surface area contributed by atoms with Gasteiger partial charge in [0.15, 0.2) is 0 Å². The number of hydrogen-bond acceptors (Lipinski definition) is 8. The highest BCUT2D eigenvalue weighted by atomic mass is 19.1. The van der Waals surface area contributed by atoms with Gasteiger partial charge in [-0.2, -0.15) is 4.98 Å². The summed E-state index contributed by atoms with van der Waals surface area (Å²) in [5.74, 6) is -1.17. The number of nitrogens with one attached hydrogen (secondary N) is 1. The summed E-state index contributed by atoms with van der Waals surface area (Å²) in [5.41, 5.74) is 1.90. The SMILES string of the molecule is Cc1c(F)cc(-c2noc([C@H]3C[C@@H]3F)n2)cc1NC(=O)c1cnc2ccc(N3CCN(C(=O)OC(C)(C)C)CC3)cn12. The Bertz CT molecular complexity index is 1670. The Labute approximate surface area is 240 Å². The van der Waals surface area contributed by atoms with E-state index >= 15 is 0 Å². The van der Waals surface area contributed by atoms with Crippen molar-refractivity contribution in [2.24, 2.45) is 0 Å². The van der Waals surface area contributed by atoms with E-state index in [9.17, 15) is 18.4 Å². The van der Waals surface area contributed by atoms with Crippen molar-refractivity contribution in [1.29, 1.82) is 0 Å². The van der Waals surface area contributed by atoms with Gasteiger partial charge in [0.25, 0.3) is 5.91 Å². The molecule has 2 amide bonds. The van der Waals surface area contributed by atoms with E-state index < -0.39 is 29.4 Å². The first-order valence-corrected chi connectivity index (χ1v) is 13.8. The van der Waals surface area contributed by atoms with Gasteiger partial charge in [-0.15, -0.1) is 0 Å². The zero-order valence-corrected chi connectivity index (χ0v) is 23.7. The first kappa shape index (κ1) is 27.6. The molecule has 2 fully saturated rings. The molecule has 0 spiro atoms. The summed E-state index contributed by atoms with van der Waals surface area (Å²) < 4.78 is 40.6. The lowest BCUT2D eigenvalue weighted by molar-refractivity contribution is 0.0240. The molecule has 6 rings (SSSR count). The molecule has 4 heterocycles. The monoisotopic (exact) mass is 579 g/mol. The van der Waals surface area contributed by atoms with Crippen molar-refractivity contribution in [2.75, 3.05) is 36.4 Å². The molecule has 2 aliphatic rings. The molecular formula is C29H31F2N7O4. The second kappa shape index (κ2) is 10.4. The summed E-state index contributed by atoms with van der Waals surface area (Å²) in [6.45, 7) is 9.26. The number of nitrogens with zero attached hydrogens (tertiary/aromatic N) is 6. The van der Waals surface area contributed by atoms with Crippen molar-refractivity contribution in [3.63, 3.8) is 0 Å². The number of pyridine rings is 1. The highest BCUT2D eigenvalue weighted by Crippen LogP contribution is 2.43. The maximum atomic E-state index is 14.9. The Morgan fingerprint density at radius 1 is 1.14 bits per heavy atom. The second-order valence-electron chi connectivity index (χ2n) is 11.6. The van der Waals surface area contributed by atoms with Gasteiger partial charge in [-0.1, -0.05) is 5.16 Å². The van der Waals surface area contributed by atoms with Gasteiger partial charge in [0.1, 0.15) is 28.9 Å². The van der Waals surface area contributed by atoms with Crippen LogP contribution in [0.2, 0.25) is 0 Å². The van der Waals surface area contributed by atoms with Crippen LogP contribution in [0.3, 0.4) is 0 Å². The number of aromatic nitrogens is 4. The Hall–Kier alpha value is -4.55. The summed E-state index contributed by atoms with van der Waals surface area (Å²) in [4.78, 5) is 38.2. The van der Waals surface area contributed by atoms with Gasteiger partial charge in [-0.3, -0.25) is 9.20 Å². The van der Waals surface area contributed by atoms with E-state index in [4.69, 9.17) is 9.26 Å². The quantitative estimate of drug-likeness (QED) is 0.352. The average Bonchev–Trinajstić information content (AvgIpc) is 3.32. The maximum Gasteiger partial charge on any atom is 0.410 e. The molecular weight excluding hydrogens is 548 g/mol. The molecule has 0 unspecified atom stereocenters. The number of imidazole rings is 1. The van der Waals surface area contributed by atoms with Crippen LogP contribution in [0.5, 0.6) is 0 Å². The number of fused-ring (bicyclic) bond motifs is 1. The summed E-state index contributed by atoms with van der Waals surface area (Å²) in [6.07, 6.45) is 2.27. The van der Waals surface area contributed by atoms with Crippen LogP contribution in [-0.2, 0) is 4.74 Å². The molecule has 1 aromatic carbocycles. The summed E-state index contributed by atoms with van der Waals surface area (Å²) in [5, 5.41) is 6.65. The number of rotatable bonds is 5. The number of alkyl halides is 1. The van der Waals surface area contributed by atoms with Crippen molar-refractivity contribution in [2.45, 2.75) is 51.8 Å². The fourth-order valence-electron chi connectivity index (χ4n) is 4.84. The summed E-state index contributed by atoms with van der Waals surface area (Å²) >= 11 is 0.